The van der Waals surface area contributed by atoms with Gasteiger partial charge in [0.25, 0.3) is 15.9 Å². The van der Waals surface area contributed by atoms with E-state index in [1.165, 1.54) is 36.8 Å². The minimum absolute atomic E-state index is 0.0326. The fourth-order valence-electron chi connectivity index (χ4n) is 3.31. The zero-order chi connectivity index (χ0) is 21.7. The number of anilines is 1. The van der Waals surface area contributed by atoms with Crippen molar-refractivity contribution in [2.24, 2.45) is 0 Å². The first-order valence-electron chi connectivity index (χ1n) is 9.80. The van der Waals surface area contributed by atoms with E-state index in [0.717, 1.165) is 25.7 Å². The summed E-state index contributed by atoms with van der Waals surface area (Å²) in [7, 11) is -3.86. The Morgan fingerprint density at radius 1 is 1.07 bits per heavy atom. The van der Waals surface area contributed by atoms with Gasteiger partial charge in [-0.25, -0.2) is 8.42 Å². The van der Waals surface area contributed by atoms with Crippen LogP contribution in [0.5, 0.6) is 5.75 Å². The van der Waals surface area contributed by atoms with Gasteiger partial charge in [-0.15, -0.1) is 0 Å². The van der Waals surface area contributed by atoms with E-state index in [2.05, 4.69) is 10.0 Å². The maximum absolute atomic E-state index is 12.6. The number of benzene rings is 2. The van der Waals surface area contributed by atoms with Crippen LogP contribution in [-0.4, -0.2) is 26.5 Å². The summed E-state index contributed by atoms with van der Waals surface area (Å²) in [6, 6.07) is 10.7. The molecule has 1 amide bonds. The highest BCUT2D eigenvalue weighted by molar-refractivity contribution is 7.92. The van der Waals surface area contributed by atoms with Gasteiger partial charge >= 0.3 is 0 Å². The van der Waals surface area contributed by atoms with Gasteiger partial charge in [0.15, 0.2) is 6.10 Å². The Labute approximate surface area is 187 Å². The number of carbonyl (C=O) groups is 1. The average Bonchev–Trinajstić information content (AvgIpc) is 2.72. The molecule has 3 rings (SSSR count). The maximum Gasteiger partial charge on any atom is 0.261 e. The molecule has 0 heterocycles. The topological polar surface area (TPSA) is 84.5 Å². The second-order valence-corrected chi connectivity index (χ2v) is 9.75. The van der Waals surface area contributed by atoms with Crippen LogP contribution in [0.3, 0.4) is 0 Å². The lowest BCUT2D eigenvalue weighted by atomic mass is 9.95. The summed E-state index contributed by atoms with van der Waals surface area (Å²) >= 11 is 12.0. The summed E-state index contributed by atoms with van der Waals surface area (Å²) in [5.41, 5.74) is 0.192. The summed E-state index contributed by atoms with van der Waals surface area (Å²) in [6.45, 7) is 1.67. The standard InChI is InChI=1S/C21H24Cl2N2O4S/c1-14(21(26)24-15-6-3-2-4-7-15)29-16-10-12-17(13-11-16)30(27,28)25-19-9-5-8-18(22)20(19)23/h5,8-15,25H,2-4,6-7H2,1H3,(H,24,26)/t14-/m0/s1. The van der Waals surface area contributed by atoms with E-state index in [1.807, 2.05) is 0 Å². The minimum atomic E-state index is -3.86. The molecule has 162 valence electrons. The lowest BCUT2D eigenvalue weighted by Gasteiger charge is -2.24. The van der Waals surface area contributed by atoms with Crippen LogP contribution < -0.4 is 14.8 Å². The van der Waals surface area contributed by atoms with Crippen LogP contribution in [0, 0.1) is 0 Å². The predicted octanol–water partition coefficient (Wildman–Crippen LogP) is 5.01. The van der Waals surface area contributed by atoms with E-state index in [9.17, 15) is 13.2 Å². The molecule has 6 nitrogen and oxygen atoms in total. The van der Waals surface area contributed by atoms with Gasteiger partial charge in [0.05, 0.1) is 20.6 Å². The van der Waals surface area contributed by atoms with Crippen LogP contribution in [0.2, 0.25) is 10.0 Å². The molecule has 1 saturated carbocycles. The van der Waals surface area contributed by atoms with E-state index in [0.29, 0.717) is 5.75 Å². The van der Waals surface area contributed by atoms with Crippen molar-refractivity contribution >= 4 is 44.8 Å². The number of hydrogen-bond donors (Lipinski definition) is 2. The van der Waals surface area contributed by atoms with Gasteiger partial charge in [-0.05, 0) is 56.2 Å². The van der Waals surface area contributed by atoms with Crippen molar-refractivity contribution in [3.05, 3.63) is 52.5 Å². The molecule has 1 atom stereocenters. The van der Waals surface area contributed by atoms with Crippen molar-refractivity contribution in [1.29, 1.82) is 0 Å². The molecule has 2 N–H and O–H groups in total. The van der Waals surface area contributed by atoms with Gasteiger partial charge < -0.3 is 10.1 Å². The predicted molar refractivity (Wildman–Crippen MR) is 119 cm³/mol. The van der Waals surface area contributed by atoms with Crippen LogP contribution in [0.25, 0.3) is 0 Å². The molecule has 30 heavy (non-hydrogen) atoms. The Balaban J connectivity index is 1.62. The van der Waals surface area contributed by atoms with Gasteiger partial charge in [-0.2, -0.15) is 0 Å². The number of nitrogens with one attached hydrogen (secondary N) is 2. The van der Waals surface area contributed by atoms with E-state index in [1.54, 1.807) is 19.1 Å². The monoisotopic (exact) mass is 470 g/mol. The third kappa shape index (κ3) is 5.80. The Bertz CT molecular complexity index is 991. The lowest BCUT2D eigenvalue weighted by molar-refractivity contribution is -0.128. The molecule has 0 saturated heterocycles. The first-order chi connectivity index (χ1) is 14.3. The second-order valence-electron chi connectivity index (χ2n) is 7.28. The van der Waals surface area contributed by atoms with Crippen molar-refractivity contribution in [2.75, 3.05) is 4.72 Å². The van der Waals surface area contributed by atoms with Crippen LogP contribution >= 0.6 is 23.2 Å². The van der Waals surface area contributed by atoms with Crippen molar-refractivity contribution < 1.29 is 17.9 Å². The Morgan fingerprint density at radius 3 is 2.40 bits per heavy atom. The van der Waals surface area contributed by atoms with Gasteiger partial charge in [0, 0.05) is 6.04 Å². The van der Waals surface area contributed by atoms with E-state index in [4.69, 9.17) is 27.9 Å². The Hall–Kier alpha value is -1.96. The lowest BCUT2D eigenvalue weighted by Crippen LogP contribution is -2.43. The quantitative estimate of drug-likeness (QED) is 0.595. The van der Waals surface area contributed by atoms with Crippen molar-refractivity contribution in [3.63, 3.8) is 0 Å². The largest absolute Gasteiger partial charge is 0.481 e. The number of hydrogen-bond acceptors (Lipinski definition) is 4. The highest BCUT2D eigenvalue weighted by Gasteiger charge is 2.21. The fraction of sp³-hybridized carbons (Fsp3) is 0.381. The first kappa shape index (κ1) is 22.7. The number of carbonyl (C=O) groups excluding carboxylic acids is 1. The van der Waals surface area contributed by atoms with Gasteiger partial charge in [0.1, 0.15) is 5.75 Å². The minimum Gasteiger partial charge on any atom is -0.481 e. The molecule has 9 heteroatoms. The molecule has 0 aromatic heterocycles. The van der Waals surface area contributed by atoms with Crippen LogP contribution in [0.15, 0.2) is 47.4 Å². The number of sulfonamides is 1. The molecular weight excluding hydrogens is 447 g/mol. The molecule has 0 bridgehead atoms. The third-order valence-corrected chi connectivity index (χ3v) is 7.16. The molecule has 1 fully saturated rings. The SMILES string of the molecule is C[C@H](Oc1ccc(S(=O)(=O)Nc2cccc(Cl)c2Cl)cc1)C(=O)NC1CCCCC1. The summed E-state index contributed by atoms with van der Waals surface area (Å²) in [5.74, 6) is 0.233. The average molecular weight is 471 g/mol. The highest BCUT2D eigenvalue weighted by atomic mass is 35.5. The number of rotatable bonds is 7. The summed E-state index contributed by atoms with van der Waals surface area (Å²) in [6.07, 6.45) is 4.78. The molecule has 1 aliphatic carbocycles. The normalized spacial score (nSPS) is 16.0. The summed E-state index contributed by atoms with van der Waals surface area (Å²) in [5, 5.41) is 3.40. The first-order valence-corrected chi connectivity index (χ1v) is 12.0. The molecule has 2 aromatic carbocycles. The molecule has 0 unspecified atom stereocenters. The van der Waals surface area contributed by atoms with Gasteiger partial charge in [-0.3, -0.25) is 9.52 Å². The smallest absolute Gasteiger partial charge is 0.261 e. The van der Waals surface area contributed by atoms with Crippen LogP contribution in [0.1, 0.15) is 39.0 Å². The van der Waals surface area contributed by atoms with E-state index in [-0.39, 0.29) is 32.6 Å². The third-order valence-electron chi connectivity index (χ3n) is 4.96. The molecule has 2 aromatic rings. The second kappa shape index (κ2) is 9.90. The van der Waals surface area contributed by atoms with Crippen molar-refractivity contribution in [1.82, 2.24) is 5.32 Å². The maximum atomic E-state index is 12.6. The molecule has 0 aliphatic heterocycles. The van der Waals surface area contributed by atoms with E-state index >= 15 is 0 Å². The Kier molecular flexibility index (Phi) is 7.50. The molecular formula is C21H24Cl2N2O4S. The Morgan fingerprint density at radius 2 is 1.73 bits per heavy atom. The van der Waals surface area contributed by atoms with Crippen molar-refractivity contribution in [2.45, 2.75) is 56.1 Å². The molecule has 1 aliphatic rings. The van der Waals surface area contributed by atoms with E-state index < -0.39 is 16.1 Å². The number of halogens is 2. The highest BCUT2D eigenvalue weighted by Crippen LogP contribution is 2.31. The zero-order valence-corrected chi connectivity index (χ0v) is 18.9. The van der Waals surface area contributed by atoms with Gasteiger partial charge in [0.2, 0.25) is 0 Å². The van der Waals surface area contributed by atoms with Crippen molar-refractivity contribution in [3.8, 4) is 5.75 Å². The fourth-order valence-corrected chi connectivity index (χ4v) is 4.78. The summed E-state index contributed by atoms with van der Waals surface area (Å²) < 4.78 is 33.3. The van der Waals surface area contributed by atoms with Gasteiger partial charge in [-0.1, -0.05) is 48.5 Å². The number of amides is 1. The molecule has 0 radical (unpaired) electrons. The van der Waals surface area contributed by atoms with Crippen LogP contribution in [-0.2, 0) is 14.8 Å². The zero-order valence-electron chi connectivity index (χ0n) is 16.5. The molecule has 0 spiro atoms. The van der Waals surface area contributed by atoms with Crippen LogP contribution in [0.4, 0.5) is 5.69 Å². The summed E-state index contributed by atoms with van der Waals surface area (Å²) in [4.78, 5) is 12.4. The number of ether oxygens (including phenoxy) is 1.